The smallest absolute Gasteiger partial charge is 0.285 e. The quantitative estimate of drug-likeness (QED) is 0.887. The second kappa shape index (κ2) is 7.49. The van der Waals surface area contributed by atoms with E-state index in [-0.39, 0.29) is 16.8 Å². The molecule has 1 amide bonds. The zero-order valence-corrected chi connectivity index (χ0v) is 13.9. The second-order valence-corrected chi connectivity index (χ2v) is 6.24. The lowest BCUT2D eigenvalue weighted by atomic mass is 9.95. The van der Waals surface area contributed by atoms with Gasteiger partial charge in [-0.25, -0.2) is 5.10 Å². The number of halogens is 1. The molecule has 24 heavy (non-hydrogen) atoms. The Morgan fingerprint density at radius 2 is 2.00 bits per heavy atom. The van der Waals surface area contributed by atoms with Crippen LogP contribution in [0.4, 0.5) is 5.69 Å². The van der Waals surface area contributed by atoms with E-state index in [9.17, 15) is 9.59 Å². The zero-order valence-electron chi connectivity index (χ0n) is 13.2. The van der Waals surface area contributed by atoms with Gasteiger partial charge in [0, 0.05) is 25.6 Å². The normalized spacial score (nSPS) is 15.3. The van der Waals surface area contributed by atoms with E-state index in [2.05, 4.69) is 15.5 Å². The van der Waals surface area contributed by atoms with Gasteiger partial charge in [0.1, 0.15) is 5.02 Å². The molecule has 126 valence electrons. The van der Waals surface area contributed by atoms with Gasteiger partial charge in [0.15, 0.2) is 0 Å². The minimum Gasteiger partial charge on any atom is -0.369 e. The molecule has 2 aromatic rings. The van der Waals surface area contributed by atoms with Crippen LogP contribution in [0.15, 0.2) is 41.3 Å². The highest BCUT2D eigenvalue weighted by Gasteiger charge is 2.26. The van der Waals surface area contributed by atoms with Crippen LogP contribution in [0.3, 0.4) is 0 Å². The number of carbonyl (C=O) groups excluding carboxylic acids is 1. The molecule has 3 rings (SSSR count). The van der Waals surface area contributed by atoms with E-state index in [1.807, 2.05) is 35.2 Å². The Bertz CT molecular complexity index is 755. The van der Waals surface area contributed by atoms with Gasteiger partial charge in [0.25, 0.3) is 5.56 Å². The van der Waals surface area contributed by atoms with E-state index in [0.717, 1.165) is 18.4 Å². The second-order valence-electron chi connectivity index (χ2n) is 5.86. The van der Waals surface area contributed by atoms with Crippen LogP contribution in [-0.4, -0.2) is 29.2 Å². The maximum atomic E-state index is 12.3. The monoisotopic (exact) mass is 346 g/mol. The van der Waals surface area contributed by atoms with Crippen LogP contribution in [0.1, 0.15) is 18.4 Å². The van der Waals surface area contributed by atoms with Crippen LogP contribution in [0.25, 0.3) is 0 Å². The highest BCUT2D eigenvalue weighted by atomic mass is 35.5. The number of nitrogens with zero attached hydrogens (tertiary/aromatic N) is 2. The SMILES string of the molecule is O=C(NCc1ccccc1)C1CCN(c2cn[nH]c(=O)c2Cl)CC1. The molecule has 6 nitrogen and oxygen atoms in total. The highest BCUT2D eigenvalue weighted by molar-refractivity contribution is 6.33. The molecule has 1 fully saturated rings. The number of benzene rings is 1. The van der Waals surface area contributed by atoms with E-state index >= 15 is 0 Å². The van der Waals surface area contributed by atoms with Crippen molar-refractivity contribution in [3.63, 3.8) is 0 Å². The molecule has 1 aliphatic rings. The van der Waals surface area contributed by atoms with Gasteiger partial charge in [-0.15, -0.1) is 0 Å². The maximum absolute atomic E-state index is 12.3. The number of hydrogen-bond acceptors (Lipinski definition) is 4. The first kappa shape index (κ1) is 16.5. The largest absolute Gasteiger partial charge is 0.369 e. The number of amides is 1. The van der Waals surface area contributed by atoms with E-state index < -0.39 is 5.56 Å². The summed E-state index contributed by atoms with van der Waals surface area (Å²) in [5, 5.41) is 9.25. The van der Waals surface area contributed by atoms with E-state index in [4.69, 9.17) is 11.6 Å². The van der Waals surface area contributed by atoms with Crippen molar-refractivity contribution in [3.05, 3.63) is 57.5 Å². The third kappa shape index (κ3) is 3.76. The van der Waals surface area contributed by atoms with Gasteiger partial charge in [0.05, 0.1) is 11.9 Å². The van der Waals surface area contributed by atoms with Crippen molar-refractivity contribution in [2.75, 3.05) is 18.0 Å². The average molecular weight is 347 g/mol. The van der Waals surface area contributed by atoms with Crippen molar-refractivity contribution in [1.29, 1.82) is 0 Å². The highest BCUT2D eigenvalue weighted by Crippen LogP contribution is 2.26. The van der Waals surface area contributed by atoms with Gasteiger partial charge >= 0.3 is 0 Å². The molecule has 0 unspecified atom stereocenters. The predicted octanol–water partition coefficient (Wildman–Crippen LogP) is 1.96. The lowest BCUT2D eigenvalue weighted by Crippen LogP contribution is -2.40. The molecule has 0 saturated carbocycles. The van der Waals surface area contributed by atoms with Gasteiger partial charge in [0.2, 0.25) is 5.91 Å². The summed E-state index contributed by atoms with van der Waals surface area (Å²) in [5.41, 5.74) is 1.32. The van der Waals surface area contributed by atoms with Crippen LogP contribution >= 0.6 is 11.6 Å². The number of carbonyl (C=O) groups is 1. The van der Waals surface area contributed by atoms with Crippen molar-refractivity contribution in [3.8, 4) is 0 Å². The number of rotatable bonds is 4. The number of hydrogen-bond donors (Lipinski definition) is 2. The summed E-state index contributed by atoms with van der Waals surface area (Å²) in [6.07, 6.45) is 3.01. The molecule has 0 radical (unpaired) electrons. The summed E-state index contributed by atoms with van der Waals surface area (Å²) >= 11 is 6.04. The number of aromatic amines is 1. The molecule has 2 N–H and O–H groups in total. The van der Waals surface area contributed by atoms with Crippen LogP contribution in [0.5, 0.6) is 0 Å². The fraction of sp³-hybridized carbons (Fsp3) is 0.353. The van der Waals surface area contributed by atoms with Crippen LogP contribution < -0.4 is 15.8 Å². The topological polar surface area (TPSA) is 78.1 Å². The minimum atomic E-state index is -0.392. The Labute approximate surface area is 144 Å². The Hall–Kier alpha value is -2.34. The van der Waals surface area contributed by atoms with Crippen molar-refractivity contribution in [2.24, 2.45) is 5.92 Å². The van der Waals surface area contributed by atoms with Crippen LogP contribution in [0, 0.1) is 5.92 Å². The fourth-order valence-electron chi connectivity index (χ4n) is 2.91. The summed E-state index contributed by atoms with van der Waals surface area (Å²) in [6.45, 7) is 1.90. The lowest BCUT2D eigenvalue weighted by molar-refractivity contribution is -0.125. The Morgan fingerprint density at radius 1 is 1.29 bits per heavy atom. The zero-order chi connectivity index (χ0) is 16.9. The minimum absolute atomic E-state index is 0.0151. The Kier molecular flexibility index (Phi) is 5.15. The van der Waals surface area contributed by atoms with Gasteiger partial charge < -0.3 is 10.2 Å². The number of aromatic nitrogens is 2. The number of H-pyrrole nitrogens is 1. The van der Waals surface area contributed by atoms with Crippen molar-refractivity contribution in [2.45, 2.75) is 19.4 Å². The Morgan fingerprint density at radius 3 is 2.71 bits per heavy atom. The summed E-state index contributed by atoms with van der Waals surface area (Å²) in [6, 6.07) is 9.85. The molecule has 0 atom stereocenters. The molecule has 0 spiro atoms. The standard InChI is InChI=1S/C17H19ClN4O2/c18-15-14(11-20-21-17(15)24)22-8-6-13(7-9-22)16(23)19-10-12-4-2-1-3-5-12/h1-5,11,13H,6-10H2,(H,19,23)(H,21,24). The third-order valence-corrected chi connectivity index (χ3v) is 4.66. The molecule has 0 bridgehead atoms. The molecular weight excluding hydrogens is 328 g/mol. The predicted molar refractivity (Wildman–Crippen MR) is 93.1 cm³/mol. The van der Waals surface area contributed by atoms with E-state index in [1.165, 1.54) is 0 Å². The molecule has 2 heterocycles. The molecule has 1 saturated heterocycles. The Balaban J connectivity index is 1.54. The average Bonchev–Trinajstić information content (AvgIpc) is 2.63. The van der Waals surface area contributed by atoms with E-state index in [1.54, 1.807) is 6.20 Å². The molecule has 0 aliphatic carbocycles. The maximum Gasteiger partial charge on any atom is 0.285 e. The number of piperidine rings is 1. The first-order chi connectivity index (χ1) is 11.6. The van der Waals surface area contributed by atoms with Gasteiger partial charge in [-0.2, -0.15) is 5.10 Å². The summed E-state index contributed by atoms with van der Waals surface area (Å²) in [7, 11) is 0. The summed E-state index contributed by atoms with van der Waals surface area (Å²) < 4.78 is 0. The van der Waals surface area contributed by atoms with Gasteiger partial charge in [-0.1, -0.05) is 41.9 Å². The first-order valence-electron chi connectivity index (χ1n) is 7.95. The van der Waals surface area contributed by atoms with E-state index in [0.29, 0.717) is 25.3 Å². The molecule has 7 heteroatoms. The number of anilines is 1. The molecule has 1 aliphatic heterocycles. The fourth-order valence-corrected chi connectivity index (χ4v) is 3.12. The molecular formula is C17H19ClN4O2. The van der Waals surface area contributed by atoms with Crippen molar-refractivity contribution in [1.82, 2.24) is 15.5 Å². The van der Waals surface area contributed by atoms with Crippen LogP contribution in [-0.2, 0) is 11.3 Å². The third-order valence-electron chi connectivity index (χ3n) is 4.29. The molecule has 1 aromatic carbocycles. The molecule has 1 aromatic heterocycles. The lowest BCUT2D eigenvalue weighted by Gasteiger charge is -2.32. The first-order valence-corrected chi connectivity index (χ1v) is 8.32. The summed E-state index contributed by atoms with van der Waals surface area (Å²) in [5.74, 6) is 0.0623. The van der Waals surface area contributed by atoms with Crippen molar-refractivity contribution >= 4 is 23.2 Å². The van der Waals surface area contributed by atoms with Crippen molar-refractivity contribution < 1.29 is 4.79 Å². The summed E-state index contributed by atoms with van der Waals surface area (Å²) in [4.78, 5) is 25.9. The van der Waals surface area contributed by atoms with Gasteiger partial charge in [-0.05, 0) is 18.4 Å². The number of nitrogens with one attached hydrogen (secondary N) is 2. The van der Waals surface area contributed by atoms with Gasteiger partial charge in [-0.3, -0.25) is 9.59 Å². The van der Waals surface area contributed by atoms with Crippen LogP contribution in [0.2, 0.25) is 5.02 Å².